The van der Waals surface area contributed by atoms with Crippen molar-refractivity contribution in [3.63, 3.8) is 0 Å². The van der Waals surface area contributed by atoms with Crippen LogP contribution in [0.3, 0.4) is 0 Å². The number of pyridine rings is 2. The number of piperazine rings is 1. The average molecular weight is 402 g/mol. The number of nitrogens with one attached hydrogen (secondary N) is 1. The van der Waals surface area contributed by atoms with E-state index in [1.54, 1.807) is 57.8 Å². The van der Waals surface area contributed by atoms with Gasteiger partial charge in [-0.15, -0.1) is 0 Å². The number of anilines is 2. The van der Waals surface area contributed by atoms with Crippen molar-refractivity contribution >= 4 is 24.9 Å². The SMILES string of the molecule is CO[B]N1CCN(c2ccncc2NC(=O)c2ccnc(-c3cccnc3)n2)CC1. The third-order valence-corrected chi connectivity index (χ3v) is 4.76. The monoisotopic (exact) mass is 402 g/mol. The highest BCUT2D eigenvalue weighted by molar-refractivity contribution is 6.23. The highest BCUT2D eigenvalue weighted by atomic mass is 16.4. The minimum absolute atomic E-state index is 0.276. The molecule has 0 unspecified atom stereocenters. The topological polar surface area (TPSA) is 96.4 Å². The normalized spacial score (nSPS) is 14.4. The lowest BCUT2D eigenvalue weighted by Crippen LogP contribution is -2.48. The molecular formula is C20H21BN7O2. The number of hydrogen-bond acceptors (Lipinski definition) is 8. The number of carbonyl (C=O) groups excluding carboxylic acids is 1. The average Bonchev–Trinajstić information content (AvgIpc) is 2.81. The van der Waals surface area contributed by atoms with Gasteiger partial charge in [-0.25, -0.2) is 9.97 Å². The molecule has 10 heteroatoms. The molecule has 1 radical (unpaired) electrons. The second-order valence-electron chi connectivity index (χ2n) is 6.72. The van der Waals surface area contributed by atoms with Crippen LogP contribution in [0.1, 0.15) is 10.5 Å². The lowest BCUT2D eigenvalue weighted by atomic mass is 10.1. The summed E-state index contributed by atoms with van der Waals surface area (Å²) >= 11 is 0. The van der Waals surface area contributed by atoms with Gasteiger partial charge in [-0.3, -0.25) is 14.8 Å². The van der Waals surface area contributed by atoms with E-state index in [1.807, 2.05) is 12.1 Å². The Hall–Kier alpha value is -3.37. The molecule has 1 aliphatic heterocycles. The predicted octanol–water partition coefficient (Wildman–Crippen LogP) is 1.49. The lowest BCUT2D eigenvalue weighted by Gasteiger charge is -2.36. The van der Waals surface area contributed by atoms with Crippen LogP contribution in [-0.2, 0) is 4.65 Å². The zero-order valence-corrected chi connectivity index (χ0v) is 16.6. The van der Waals surface area contributed by atoms with Gasteiger partial charge in [-0.1, -0.05) is 0 Å². The molecule has 0 aliphatic carbocycles. The fourth-order valence-corrected chi connectivity index (χ4v) is 3.28. The molecule has 1 N–H and O–H groups in total. The third-order valence-electron chi connectivity index (χ3n) is 4.76. The van der Waals surface area contributed by atoms with Crippen LogP contribution in [0.4, 0.5) is 11.4 Å². The van der Waals surface area contributed by atoms with E-state index < -0.39 is 0 Å². The molecule has 3 aromatic heterocycles. The number of carbonyl (C=O) groups is 1. The van der Waals surface area contributed by atoms with E-state index in [2.05, 4.69) is 35.0 Å². The second kappa shape index (κ2) is 9.42. The molecule has 9 nitrogen and oxygen atoms in total. The Morgan fingerprint density at radius 1 is 1.07 bits per heavy atom. The summed E-state index contributed by atoms with van der Waals surface area (Å²) in [4.78, 5) is 34.1. The molecule has 1 aliphatic rings. The molecule has 0 spiro atoms. The van der Waals surface area contributed by atoms with Crippen LogP contribution in [-0.4, -0.2) is 71.6 Å². The Morgan fingerprint density at radius 2 is 1.90 bits per heavy atom. The molecule has 3 aromatic rings. The first-order valence-corrected chi connectivity index (χ1v) is 9.58. The van der Waals surface area contributed by atoms with Gasteiger partial charge in [0.15, 0.2) is 5.82 Å². The first kappa shape index (κ1) is 19.9. The summed E-state index contributed by atoms with van der Waals surface area (Å²) in [6.07, 6.45) is 8.29. The molecule has 0 saturated carbocycles. The van der Waals surface area contributed by atoms with Crippen molar-refractivity contribution in [3.8, 4) is 11.4 Å². The largest absolute Gasteiger partial charge is 0.427 e. The van der Waals surface area contributed by atoms with Gasteiger partial charge in [-0.2, -0.15) is 0 Å². The molecule has 30 heavy (non-hydrogen) atoms. The third kappa shape index (κ3) is 4.61. The summed E-state index contributed by atoms with van der Waals surface area (Å²) in [6, 6.07) is 7.15. The van der Waals surface area contributed by atoms with Crippen molar-refractivity contribution in [1.29, 1.82) is 0 Å². The van der Waals surface area contributed by atoms with Gasteiger partial charge in [0.2, 0.25) is 0 Å². The molecule has 1 amide bonds. The molecule has 4 heterocycles. The van der Waals surface area contributed by atoms with E-state index in [4.69, 9.17) is 4.65 Å². The van der Waals surface area contributed by atoms with Crippen molar-refractivity contribution in [2.45, 2.75) is 0 Å². The Bertz CT molecular complexity index is 997. The highest BCUT2D eigenvalue weighted by Crippen LogP contribution is 2.26. The lowest BCUT2D eigenvalue weighted by molar-refractivity contribution is 0.102. The van der Waals surface area contributed by atoms with Gasteiger partial charge in [0.05, 0.1) is 17.6 Å². The maximum atomic E-state index is 12.9. The van der Waals surface area contributed by atoms with Crippen molar-refractivity contribution in [2.75, 3.05) is 43.5 Å². The van der Waals surface area contributed by atoms with Crippen molar-refractivity contribution in [2.24, 2.45) is 0 Å². The summed E-state index contributed by atoms with van der Waals surface area (Å²) in [5, 5.41) is 2.94. The Morgan fingerprint density at radius 3 is 2.67 bits per heavy atom. The minimum Gasteiger partial charge on any atom is -0.427 e. The fraction of sp³-hybridized carbons (Fsp3) is 0.250. The van der Waals surface area contributed by atoms with E-state index >= 15 is 0 Å². The first-order chi connectivity index (χ1) is 14.7. The van der Waals surface area contributed by atoms with E-state index in [0.29, 0.717) is 11.5 Å². The van der Waals surface area contributed by atoms with E-state index in [0.717, 1.165) is 37.4 Å². The molecule has 151 valence electrons. The summed E-state index contributed by atoms with van der Waals surface area (Å²) in [5.74, 6) is 0.135. The van der Waals surface area contributed by atoms with Crippen LogP contribution in [0.5, 0.6) is 0 Å². The van der Waals surface area contributed by atoms with Crippen molar-refractivity contribution in [3.05, 3.63) is 60.9 Å². The van der Waals surface area contributed by atoms with Crippen LogP contribution < -0.4 is 10.2 Å². The molecule has 0 aromatic carbocycles. The molecule has 1 fully saturated rings. The van der Waals surface area contributed by atoms with Crippen LogP contribution in [0.15, 0.2) is 55.2 Å². The highest BCUT2D eigenvalue weighted by Gasteiger charge is 2.21. The number of rotatable bonds is 6. The van der Waals surface area contributed by atoms with Crippen LogP contribution in [0, 0.1) is 0 Å². The maximum Gasteiger partial charge on any atom is 0.398 e. The van der Waals surface area contributed by atoms with Gasteiger partial charge in [0.1, 0.15) is 5.69 Å². The zero-order valence-electron chi connectivity index (χ0n) is 16.6. The Labute approximate surface area is 175 Å². The van der Waals surface area contributed by atoms with E-state index in [1.165, 1.54) is 0 Å². The minimum atomic E-state index is -0.317. The van der Waals surface area contributed by atoms with Gasteiger partial charge in [-0.05, 0) is 24.3 Å². The maximum absolute atomic E-state index is 12.9. The van der Waals surface area contributed by atoms with Crippen LogP contribution in [0.25, 0.3) is 11.4 Å². The smallest absolute Gasteiger partial charge is 0.398 e. The van der Waals surface area contributed by atoms with Gasteiger partial charge in [0.25, 0.3) is 5.91 Å². The number of aromatic nitrogens is 4. The second-order valence-corrected chi connectivity index (χ2v) is 6.72. The fourth-order valence-electron chi connectivity index (χ4n) is 3.28. The van der Waals surface area contributed by atoms with Crippen molar-refractivity contribution < 1.29 is 9.45 Å². The number of amides is 1. The molecular weight excluding hydrogens is 381 g/mol. The summed E-state index contributed by atoms with van der Waals surface area (Å²) in [6.45, 7) is 3.30. The molecule has 0 atom stereocenters. The quantitative estimate of drug-likeness (QED) is 0.620. The van der Waals surface area contributed by atoms with Gasteiger partial charge >= 0.3 is 7.62 Å². The first-order valence-electron chi connectivity index (χ1n) is 9.58. The standard InChI is InChI=1S/C20H21BN7O2/c1-30-21-28-11-9-27(10-12-28)18-5-7-23-14-17(18)26-20(29)16-4-8-24-19(25-16)15-3-2-6-22-13-15/h2-8,13-14H,9-12H2,1H3,(H,26,29). The molecule has 0 bridgehead atoms. The van der Waals surface area contributed by atoms with E-state index in [9.17, 15) is 4.79 Å². The zero-order chi connectivity index (χ0) is 20.8. The number of hydrogen-bond donors (Lipinski definition) is 1. The van der Waals surface area contributed by atoms with E-state index in [-0.39, 0.29) is 11.6 Å². The van der Waals surface area contributed by atoms with Crippen molar-refractivity contribution in [1.82, 2.24) is 24.7 Å². The molecule has 4 rings (SSSR count). The van der Waals surface area contributed by atoms with Crippen LogP contribution >= 0.6 is 0 Å². The Balaban J connectivity index is 1.50. The Kier molecular flexibility index (Phi) is 6.26. The summed E-state index contributed by atoms with van der Waals surface area (Å²) in [5.41, 5.74) is 2.60. The van der Waals surface area contributed by atoms with Gasteiger partial charge < -0.3 is 19.7 Å². The predicted molar refractivity (Wildman–Crippen MR) is 114 cm³/mol. The summed E-state index contributed by atoms with van der Waals surface area (Å²) in [7, 11) is 3.39. The molecule has 1 saturated heterocycles. The number of nitrogens with zero attached hydrogens (tertiary/aromatic N) is 6. The summed E-state index contributed by atoms with van der Waals surface area (Å²) < 4.78 is 5.09. The van der Waals surface area contributed by atoms with Gasteiger partial charge in [0, 0.05) is 63.6 Å². The van der Waals surface area contributed by atoms with Crippen LogP contribution in [0.2, 0.25) is 0 Å².